The Hall–Kier alpha value is -1.69. The monoisotopic (exact) mass is 222 g/mol. The van der Waals surface area contributed by atoms with Gasteiger partial charge in [-0.1, -0.05) is 0 Å². The van der Waals surface area contributed by atoms with Crippen molar-refractivity contribution in [2.75, 3.05) is 0 Å². The number of nitro groups is 1. The molecule has 6 heteroatoms. The summed E-state index contributed by atoms with van der Waals surface area (Å²) in [6, 6.07) is 3.42. The highest BCUT2D eigenvalue weighted by molar-refractivity contribution is 7.80. The minimum absolute atomic E-state index is 0.256. The fourth-order valence-electron chi connectivity index (χ4n) is 1.36. The van der Waals surface area contributed by atoms with Crippen molar-refractivity contribution in [3.8, 4) is 0 Å². The highest BCUT2D eigenvalue weighted by Crippen LogP contribution is 2.26. The van der Waals surface area contributed by atoms with E-state index in [1.54, 1.807) is 12.1 Å². The van der Waals surface area contributed by atoms with Crippen LogP contribution in [-0.4, -0.2) is 23.0 Å². The minimum Gasteiger partial charge on any atom is -0.286 e. The van der Waals surface area contributed by atoms with E-state index in [0.29, 0.717) is 10.6 Å². The van der Waals surface area contributed by atoms with Gasteiger partial charge in [0.05, 0.1) is 17.5 Å². The number of hydrogen-bond acceptors (Lipinski definition) is 5. The molecule has 0 amide bonds. The lowest BCUT2D eigenvalue weighted by atomic mass is 10.0. The van der Waals surface area contributed by atoms with Crippen molar-refractivity contribution in [1.82, 2.24) is 0 Å². The van der Waals surface area contributed by atoms with E-state index in [0.717, 1.165) is 6.21 Å². The van der Waals surface area contributed by atoms with Gasteiger partial charge in [0, 0.05) is 9.82 Å². The number of carbonyl (C=O) groups excluding carboxylic acids is 1. The Kier molecular flexibility index (Phi) is 2.28. The highest BCUT2D eigenvalue weighted by Gasteiger charge is 2.33. The zero-order valence-electron chi connectivity index (χ0n) is 7.45. The summed E-state index contributed by atoms with van der Waals surface area (Å²) in [5.41, 5.74) is 0.711. The maximum absolute atomic E-state index is 11.6. The van der Waals surface area contributed by atoms with E-state index in [1.807, 2.05) is 0 Å². The van der Waals surface area contributed by atoms with Crippen LogP contribution >= 0.6 is 12.6 Å². The number of aliphatic imine (C=N–C) groups is 1. The molecule has 15 heavy (non-hydrogen) atoms. The van der Waals surface area contributed by atoms with E-state index in [1.165, 1.54) is 6.07 Å². The third-order valence-electron chi connectivity index (χ3n) is 2.10. The summed E-state index contributed by atoms with van der Waals surface area (Å²) in [4.78, 5) is 26.0. The van der Waals surface area contributed by atoms with Crippen LogP contribution in [-0.2, 0) is 0 Å². The molecular weight excluding hydrogens is 216 g/mol. The van der Waals surface area contributed by atoms with Crippen LogP contribution < -0.4 is 0 Å². The Morgan fingerprint density at radius 1 is 1.47 bits per heavy atom. The van der Waals surface area contributed by atoms with E-state index in [2.05, 4.69) is 17.6 Å². The van der Waals surface area contributed by atoms with Crippen LogP contribution in [0.15, 0.2) is 28.1 Å². The van der Waals surface area contributed by atoms with Gasteiger partial charge in [-0.2, -0.15) is 0 Å². The van der Waals surface area contributed by atoms with Crippen LogP contribution in [0.2, 0.25) is 0 Å². The number of Topliss-reactive ketones (excluding diaryl/α,β-unsaturated/α-hetero) is 1. The van der Waals surface area contributed by atoms with Crippen LogP contribution in [0.5, 0.6) is 0 Å². The van der Waals surface area contributed by atoms with Gasteiger partial charge in [0.1, 0.15) is 0 Å². The second-order valence-corrected chi connectivity index (χ2v) is 3.59. The molecule has 0 radical (unpaired) electrons. The second kappa shape index (κ2) is 3.47. The summed E-state index contributed by atoms with van der Waals surface area (Å²) >= 11 is 4.07. The molecule has 1 aromatic rings. The average Bonchev–Trinajstić information content (AvgIpc) is 2.19. The third kappa shape index (κ3) is 1.63. The first-order valence-electron chi connectivity index (χ1n) is 4.14. The zero-order valence-corrected chi connectivity index (χ0v) is 8.35. The number of carbonyl (C=O) groups is 1. The van der Waals surface area contributed by atoms with Gasteiger partial charge in [-0.05, 0) is 18.2 Å². The lowest BCUT2D eigenvalue weighted by Crippen LogP contribution is -2.33. The van der Waals surface area contributed by atoms with Gasteiger partial charge in [-0.15, -0.1) is 12.6 Å². The zero-order chi connectivity index (χ0) is 11.0. The van der Waals surface area contributed by atoms with Gasteiger partial charge in [0.2, 0.25) is 5.78 Å². The van der Waals surface area contributed by atoms with Crippen molar-refractivity contribution >= 4 is 30.3 Å². The second-order valence-electron chi connectivity index (χ2n) is 3.07. The normalized spacial score (nSPS) is 18.7. The Morgan fingerprint density at radius 2 is 2.20 bits per heavy atom. The van der Waals surface area contributed by atoms with Gasteiger partial charge >= 0.3 is 6.04 Å². The lowest BCUT2D eigenvalue weighted by molar-refractivity contribution is -0.485. The van der Waals surface area contributed by atoms with Gasteiger partial charge in [0.25, 0.3) is 0 Å². The van der Waals surface area contributed by atoms with Crippen molar-refractivity contribution in [3.63, 3.8) is 0 Å². The van der Waals surface area contributed by atoms with Crippen LogP contribution in [0.4, 0.5) is 5.69 Å². The number of benzene rings is 1. The fraction of sp³-hybridized carbons (Fsp3) is 0.111. The molecule has 1 aliphatic rings. The Morgan fingerprint density at radius 3 is 2.87 bits per heavy atom. The molecule has 76 valence electrons. The van der Waals surface area contributed by atoms with Gasteiger partial charge < -0.3 is 0 Å². The molecule has 0 fully saturated rings. The first-order valence-corrected chi connectivity index (χ1v) is 4.59. The minimum atomic E-state index is -1.37. The Bertz CT molecular complexity index is 484. The SMILES string of the molecule is O=C1c2cc(S)ccc2N=CC1[N+](=O)[O-]. The summed E-state index contributed by atoms with van der Waals surface area (Å²) in [5, 5.41) is 10.5. The van der Waals surface area contributed by atoms with Crippen LogP contribution in [0, 0.1) is 10.1 Å². The average molecular weight is 222 g/mol. The van der Waals surface area contributed by atoms with Gasteiger partial charge in [-0.3, -0.25) is 19.9 Å². The molecule has 1 unspecified atom stereocenters. The molecule has 2 rings (SSSR count). The van der Waals surface area contributed by atoms with E-state index < -0.39 is 16.7 Å². The van der Waals surface area contributed by atoms with E-state index >= 15 is 0 Å². The molecule has 0 saturated heterocycles. The molecule has 1 atom stereocenters. The van der Waals surface area contributed by atoms with Crippen molar-refractivity contribution in [2.45, 2.75) is 10.9 Å². The summed E-state index contributed by atoms with van der Waals surface area (Å²) in [6.45, 7) is 0. The number of hydrogen-bond donors (Lipinski definition) is 1. The quantitative estimate of drug-likeness (QED) is 0.444. The predicted molar refractivity (Wildman–Crippen MR) is 57.0 cm³/mol. The summed E-state index contributed by atoms with van der Waals surface area (Å²) in [7, 11) is 0. The smallest absolute Gasteiger partial charge is 0.286 e. The number of fused-ring (bicyclic) bond motifs is 1. The van der Waals surface area contributed by atoms with Crippen molar-refractivity contribution in [2.24, 2.45) is 4.99 Å². The molecule has 0 aliphatic carbocycles. The van der Waals surface area contributed by atoms with Crippen LogP contribution in [0.25, 0.3) is 0 Å². The third-order valence-corrected chi connectivity index (χ3v) is 2.37. The number of rotatable bonds is 1. The molecular formula is C9H6N2O3S. The summed E-state index contributed by atoms with van der Waals surface area (Å²) in [6.07, 6.45) is 1.06. The number of ketones is 1. The molecule has 1 aromatic carbocycles. The molecule has 0 bridgehead atoms. The first kappa shape index (κ1) is 9.85. The maximum atomic E-state index is 11.6. The molecule has 0 spiro atoms. The van der Waals surface area contributed by atoms with Crippen LogP contribution in [0.1, 0.15) is 10.4 Å². The predicted octanol–water partition coefficient (Wildman–Crippen LogP) is 1.52. The molecule has 5 nitrogen and oxygen atoms in total. The molecule has 0 aromatic heterocycles. The Balaban J connectivity index is 2.53. The molecule has 1 heterocycles. The van der Waals surface area contributed by atoms with E-state index in [-0.39, 0.29) is 5.56 Å². The number of thiol groups is 1. The Labute approximate surface area is 90.4 Å². The van der Waals surface area contributed by atoms with Gasteiger partial charge in [-0.25, -0.2) is 0 Å². The number of nitrogens with zero attached hydrogens (tertiary/aromatic N) is 2. The fourth-order valence-corrected chi connectivity index (χ4v) is 1.57. The topological polar surface area (TPSA) is 72.6 Å². The van der Waals surface area contributed by atoms with E-state index in [9.17, 15) is 14.9 Å². The largest absolute Gasteiger partial charge is 0.309 e. The van der Waals surface area contributed by atoms with Crippen molar-refractivity contribution in [1.29, 1.82) is 0 Å². The van der Waals surface area contributed by atoms with Crippen molar-refractivity contribution in [3.05, 3.63) is 33.9 Å². The molecule has 1 aliphatic heterocycles. The first-order chi connectivity index (χ1) is 7.09. The summed E-state index contributed by atoms with van der Waals surface area (Å²) < 4.78 is 0. The maximum Gasteiger partial charge on any atom is 0.309 e. The standard InChI is InChI=1S/C9H6N2O3S/c12-9-6-3-5(15)1-2-7(6)10-4-8(9)11(13)14/h1-4,8,15H. The molecule has 0 saturated carbocycles. The van der Waals surface area contributed by atoms with Crippen LogP contribution in [0.3, 0.4) is 0 Å². The van der Waals surface area contributed by atoms with Crippen molar-refractivity contribution < 1.29 is 9.72 Å². The highest BCUT2D eigenvalue weighted by atomic mass is 32.1. The lowest BCUT2D eigenvalue weighted by Gasteiger charge is -2.11. The molecule has 0 N–H and O–H groups in total. The summed E-state index contributed by atoms with van der Waals surface area (Å²) in [5.74, 6) is -0.541. The van der Waals surface area contributed by atoms with Gasteiger partial charge in [0.15, 0.2) is 0 Å². The van der Waals surface area contributed by atoms with E-state index in [4.69, 9.17) is 0 Å².